The summed E-state index contributed by atoms with van der Waals surface area (Å²) in [5, 5.41) is 3.58. The maximum Gasteiger partial charge on any atom is 0.123 e. The van der Waals surface area contributed by atoms with E-state index in [2.05, 4.69) is 11.4 Å². The summed E-state index contributed by atoms with van der Waals surface area (Å²) in [6.45, 7) is 0.998. The minimum absolute atomic E-state index is 0.155. The van der Waals surface area contributed by atoms with Gasteiger partial charge in [-0.2, -0.15) is 0 Å². The molecule has 1 aromatic heterocycles. The maximum atomic E-state index is 12.9. The van der Waals surface area contributed by atoms with Crippen molar-refractivity contribution in [2.75, 3.05) is 6.54 Å². The lowest BCUT2D eigenvalue weighted by Crippen LogP contribution is -2.40. The van der Waals surface area contributed by atoms with Gasteiger partial charge in [0.1, 0.15) is 5.82 Å². The van der Waals surface area contributed by atoms with Gasteiger partial charge >= 0.3 is 0 Å². The zero-order valence-corrected chi connectivity index (χ0v) is 12.7. The van der Waals surface area contributed by atoms with Gasteiger partial charge in [0.2, 0.25) is 0 Å². The normalized spacial score (nSPS) is 21.7. The van der Waals surface area contributed by atoms with Gasteiger partial charge in [0.25, 0.3) is 0 Å². The molecule has 1 heterocycles. The molecule has 0 radical (unpaired) electrons. The summed E-state index contributed by atoms with van der Waals surface area (Å²) in [5.74, 6) is 0.432. The van der Waals surface area contributed by atoms with E-state index in [1.54, 1.807) is 23.5 Å². The van der Waals surface area contributed by atoms with Crippen LogP contribution < -0.4 is 5.32 Å². The maximum absolute atomic E-state index is 12.9. The van der Waals surface area contributed by atoms with Crippen LogP contribution in [0, 0.1) is 5.82 Å². The quantitative estimate of drug-likeness (QED) is 0.850. The predicted molar refractivity (Wildman–Crippen MR) is 83.2 cm³/mol. The Morgan fingerprint density at radius 3 is 2.55 bits per heavy atom. The Bertz CT molecular complexity index is 560. The summed E-state index contributed by atoms with van der Waals surface area (Å²) in [6.07, 6.45) is 3.34. The van der Waals surface area contributed by atoms with Crippen molar-refractivity contribution in [3.8, 4) is 0 Å². The average Bonchev–Trinajstić information content (AvgIpc) is 2.80. The van der Waals surface area contributed by atoms with Crippen molar-refractivity contribution in [1.82, 2.24) is 5.32 Å². The first kappa shape index (κ1) is 14.1. The molecule has 0 bridgehead atoms. The molecule has 106 valence electrons. The molecule has 2 aromatic rings. The molecular weight excluding hydrogens is 293 g/mol. The summed E-state index contributed by atoms with van der Waals surface area (Å²) in [6, 6.07) is 11.6. The minimum Gasteiger partial charge on any atom is -0.314 e. The summed E-state index contributed by atoms with van der Waals surface area (Å²) in [7, 11) is 0. The number of halogens is 2. The molecule has 0 unspecified atom stereocenters. The van der Waals surface area contributed by atoms with E-state index in [0.717, 1.165) is 30.1 Å². The molecule has 0 amide bonds. The van der Waals surface area contributed by atoms with Gasteiger partial charge in [-0.3, -0.25) is 0 Å². The van der Waals surface area contributed by atoms with Crippen LogP contribution in [0.1, 0.15) is 29.2 Å². The Morgan fingerprint density at radius 2 is 1.90 bits per heavy atom. The number of thiophene rings is 1. The Kier molecular flexibility index (Phi) is 4.39. The summed E-state index contributed by atoms with van der Waals surface area (Å²) < 4.78 is 13.7. The lowest BCUT2D eigenvalue weighted by Gasteiger charge is -2.36. The topological polar surface area (TPSA) is 12.0 Å². The van der Waals surface area contributed by atoms with Crippen LogP contribution in [0.4, 0.5) is 4.39 Å². The molecule has 1 N–H and O–H groups in total. The van der Waals surface area contributed by atoms with E-state index in [9.17, 15) is 4.39 Å². The third kappa shape index (κ3) is 3.40. The third-order valence-corrected chi connectivity index (χ3v) is 5.20. The second-order valence-corrected chi connectivity index (χ2v) is 7.13. The first-order chi connectivity index (χ1) is 9.70. The van der Waals surface area contributed by atoms with Gasteiger partial charge < -0.3 is 5.32 Å². The Morgan fingerprint density at radius 1 is 1.15 bits per heavy atom. The van der Waals surface area contributed by atoms with Crippen LogP contribution in [0.2, 0.25) is 4.34 Å². The van der Waals surface area contributed by atoms with Crippen LogP contribution in [-0.2, 0) is 6.42 Å². The van der Waals surface area contributed by atoms with Crippen molar-refractivity contribution in [3.63, 3.8) is 0 Å². The van der Waals surface area contributed by atoms with Gasteiger partial charge in [0.05, 0.1) is 4.34 Å². The molecule has 1 aliphatic carbocycles. The fraction of sp³-hybridized carbons (Fsp3) is 0.375. The molecule has 1 aromatic carbocycles. The molecule has 1 nitrogen and oxygen atoms in total. The highest BCUT2D eigenvalue weighted by molar-refractivity contribution is 7.16. The standard InChI is InChI=1S/C16H17ClFNS/c17-16-6-5-15(20-16)7-8-19-14-9-12(10-14)11-1-3-13(18)4-2-11/h1-6,12,14,19H,7-10H2. The molecule has 0 saturated heterocycles. The Balaban J connectivity index is 1.39. The number of hydrogen-bond acceptors (Lipinski definition) is 2. The fourth-order valence-electron chi connectivity index (χ4n) is 2.68. The number of rotatable bonds is 5. The molecule has 1 saturated carbocycles. The van der Waals surface area contributed by atoms with Gasteiger partial charge in [0.15, 0.2) is 0 Å². The number of nitrogens with one attached hydrogen (secondary N) is 1. The first-order valence-electron chi connectivity index (χ1n) is 6.94. The zero-order valence-electron chi connectivity index (χ0n) is 11.1. The van der Waals surface area contributed by atoms with Crippen LogP contribution in [-0.4, -0.2) is 12.6 Å². The Hall–Kier alpha value is -0.900. The van der Waals surface area contributed by atoms with E-state index in [-0.39, 0.29) is 5.82 Å². The SMILES string of the molecule is Fc1ccc(C2CC(NCCc3ccc(Cl)s3)C2)cc1. The molecule has 4 heteroatoms. The van der Waals surface area contributed by atoms with Crippen LogP contribution in [0.5, 0.6) is 0 Å². The van der Waals surface area contributed by atoms with E-state index in [0.29, 0.717) is 12.0 Å². The summed E-state index contributed by atoms with van der Waals surface area (Å²) >= 11 is 7.56. The van der Waals surface area contributed by atoms with Crippen LogP contribution in [0.3, 0.4) is 0 Å². The highest BCUT2D eigenvalue weighted by atomic mass is 35.5. The molecular formula is C16H17ClFNS. The van der Waals surface area contributed by atoms with E-state index >= 15 is 0 Å². The highest BCUT2D eigenvalue weighted by Gasteiger charge is 2.29. The lowest BCUT2D eigenvalue weighted by molar-refractivity contribution is 0.293. The van der Waals surface area contributed by atoms with Crippen molar-refractivity contribution in [1.29, 1.82) is 0 Å². The van der Waals surface area contributed by atoms with Crippen LogP contribution in [0.15, 0.2) is 36.4 Å². The van der Waals surface area contributed by atoms with E-state index in [1.165, 1.54) is 10.4 Å². The molecule has 0 spiro atoms. The van der Waals surface area contributed by atoms with Gasteiger partial charge in [-0.15, -0.1) is 11.3 Å². The predicted octanol–water partition coefficient (Wildman–Crippen LogP) is 4.62. The molecule has 1 aliphatic rings. The fourth-order valence-corrected chi connectivity index (χ4v) is 3.76. The number of benzene rings is 1. The first-order valence-corrected chi connectivity index (χ1v) is 8.13. The smallest absolute Gasteiger partial charge is 0.123 e. The second-order valence-electron chi connectivity index (χ2n) is 5.33. The minimum atomic E-state index is -0.155. The molecule has 3 rings (SSSR count). The lowest BCUT2D eigenvalue weighted by atomic mass is 9.76. The van der Waals surface area contributed by atoms with Crippen LogP contribution in [0.25, 0.3) is 0 Å². The van der Waals surface area contributed by atoms with Gasteiger partial charge in [-0.25, -0.2) is 4.39 Å². The average molecular weight is 310 g/mol. The Labute approximate surface area is 127 Å². The summed E-state index contributed by atoms with van der Waals surface area (Å²) in [5.41, 5.74) is 1.26. The van der Waals surface area contributed by atoms with Crippen molar-refractivity contribution in [2.24, 2.45) is 0 Å². The largest absolute Gasteiger partial charge is 0.314 e. The van der Waals surface area contributed by atoms with Gasteiger partial charge in [0, 0.05) is 17.5 Å². The molecule has 0 atom stereocenters. The molecule has 1 fully saturated rings. The summed E-state index contributed by atoms with van der Waals surface area (Å²) in [4.78, 5) is 1.33. The van der Waals surface area contributed by atoms with E-state index in [4.69, 9.17) is 11.6 Å². The monoisotopic (exact) mass is 309 g/mol. The number of hydrogen-bond donors (Lipinski definition) is 1. The van der Waals surface area contributed by atoms with E-state index < -0.39 is 0 Å². The van der Waals surface area contributed by atoms with Crippen molar-refractivity contribution >= 4 is 22.9 Å². The highest BCUT2D eigenvalue weighted by Crippen LogP contribution is 2.36. The van der Waals surface area contributed by atoms with Gasteiger partial charge in [-0.1, -0.05) is 23.7 Å². The zero-order chi connectivity index (χ0) is 13.9. The molecule has 20 heavy (non-hydrogen) atoms. The van der Waals surface area contributed by atoms with E-state index in [1.807, 2.05) is 18.2 Å². The molecule has 0 aliphatic heterocycles. The van der Waals surface area contributed by atoms with Crippen molar-refractivity contribution < 1.29 is 4.39 Å². The second kappa shape index (κ2) is 6.25. The third-order valence-electron chi connectivity index (χ3n) is 3.91. The van der Waals surface area contributed by atoms with Crippen molar-refractivity contribution in [2.45, 2.75) is 31.2 Å². The van der Waals surface area contributed by atoms with Gasteiger partial charge in [-0.05, 0) is 55.0 Å². The van der Waals surface area contributed by atoms with Crippen LogP contribution >= 0.6 is 22.9 Å². The van der Waals surface area contributed by atoms with Crippen molar-refractivity contribution in [3.05, 3.63) is 57.0 Å².